The molecule has 0 spiro atoms. The van der Waals surface area contributed by atoms with E-state index in [9.17, 15) is 5.11 Å². The minimum Gasteiger partial charge on any atom is -0.395 e. The SMILES string of the molecule is CC1CCN(C2CCNC2)C1CO. The van der Waals surface area contributed by atoms with Crippen molar-refractivity contribution in [3.05, 3.63) is 0 Å². The van der Waals surface area contributed by atoms with Gasteiger partial charge in [-0.25, -0.2) is 0 Å². The van der Waals surface area contributed by atoms with Gasteiger partial charge in [-0.05, 0) is 31.8 Å². The third kappa shape index (κ3) is 1.73. The van der Waals surface area contributed by atoms with Gasteiger partial charge in [0.25, 0.3) is 0 Å². The Labute approximate surface area is 80.1 Å². The average Bonchev–Trinajstić information content (AvgIpc) is 2.71. The number of likely N-dealkylation sites (tertiary alicyclic amines) is 1. The first-order chi connectivity index (χ1) is 6.33. The highest BCUT2D eigenvalue weighted by molar-refractivity contribution is 4.91. The van der Waals surface area contributed by atoms with E-state index in [2.05, 4.69) is 17.1 Å². The summed E-state index contributed by atoms with van der Waals surface area (Å²) in [5.41, 5.74) is 0. The van der Waals surface area contributed by atoms with Crippen LogP contribution in [0.1, 0.15) is 19.8 Å². The summed E-state index contributed by atoms with van der Waals surface area (Å²) in [7, 11) is 0. The molecule has 3 atom stereocenters. The Morgan fingerprint density at radius 1 is 1.46 bits per heavy atom. The van der Waals surface area contributed by atoms with E-state index in [0.29, 0.717) is 24.6 Å². The lowest BCUT2D eigenvalue weighted by Crippen LogP contribution is -2.43. The second kappa shape index (κ2) is 3.95. The fraction of sp³-hybridized carbons (Fsp3) is 1.00. The van der Waals surface area contributed by atoms with Crippen LogP contribution in [0, 0.1) is 5.92 Å². The van der Waals surface area contributed by atoms with Crippen LogP contribution in [-0.2, 0) is 0 Å². The van der Waals surface area contributed by atoms with Gasteiger partial charge >= 0.3 is 0 Å². The number of rotatable bonds is 2. The fourth-order valence-electron chi connectivity index (χ4n) is 2.70. The van der Waals surface area contributed by atoms with Crippen LogP contribution in [0.5, 0.6) is 0 Å². The molecule has 2 aliphatic heterocycles. The van der Waals surface area contributed by atoms with E-state index >= 15 is 0 Å². The molecular weight excluding hydrogens is 164 g/mol. The van der Waals surface area contributed by atoms with E-state index < -0.39 is 0 Å². The zero-order chi connectivity index (χ0) is 9.26. The molecule has 3 unspecified atom stereocenters. The molecule has 2 saturated heterocycles. The Hall–Kier alpha value is -0.120. The van der Waals surface area contributed by atoms with Crippen molar-refractivity contribution in [2.75, 3.05) is 26.2 Å². The molecule has 0 amide bonds. The molecule has 0 aromatic heterocycles. The van der Waals surface area contributed by atoms with Gasteiger partial charge < -0.3 is 10.4 Å². The molecule has 0 radical (unpaired) electrons. The zero-order valence-corrected chi connectivity index (χ0v) is 8.37. The van der Waals surface area contributed by atoms with E-state index in [4.69, 9.17) is 0 Å². The number of nitrogens with one attached hydrogen (secondary N) is 1. The van der Waals surface area contributed by atoms with E-state index in [1.807, 2.05) is 0 Å². The van der Waals surface area contributed by atoms with E-state index in [0.717, 1.165) is 13.1 Å². The van der Waals surface area contributed by atoms with Crippen molar-refractivity contribution in [1.29, 1.82) is 0 Å². The third-order valence-electron chi connectivity index (χ3n) is 3.62. The van der Waals surface area contributed by atoms with Crippen LogP contribution < -0.4 is 5.32 Å². The predicted molar refractivity (Wildman–Crippen MR) is 52.6 cm³/mol. The molecule has 0 aliphatic carbocycles. The summed E-state index contributed by atoms with van der Waals surface area (Å²) in [5.74, 6) is 0.672. The summed E-state index contributed by atoms with van der Waals surface area (Å²) in [6.45, 7) is 6.02. The fourth-order valence-corrected chi connectivity index (χ4v) is 2.70. The first-order valence-electron chi connectivity index (χ1n) is 5.40. The molecule has 2 rings (SSSR count). The quantitative estimate of drug-likeness (QED) is 0.636. The number of aliphatic hydroxyl groups excluding tert-OH is 1. The highest BCUT2D eigenvalue weighted by Crippen LogP contribution is 2.27. The molecule has 0 bridgehead atoms. The van der Waals surface area contributed by atoms with Crippen LogP contribution in [-0.4, -0.2) is 48.3 Å². The number of nitrogens with zero attached hydrogens (tertiary/aromatic N) is 1. The predicted octanol–water partition coefficient (Wildman–Crippen LogP) is 0.0510. The number of hydrogen-bond donors (Lipinski definition) is 2. The molecule has 0 aromatic carbocycles. The van der Waals surface area contributed by atoms with Crippen molar-refractivity contribution in [2.45, 2.75) is 31.8 Å². The summed E-state index contributed by atoms with van der Waals surface area (Å²) in [6, 6.07) is 1.10. The molecule has 2 heterocycles. The van der Waals surface area contributed by atoms with Gasteiger partial charge in [0.15, 0.2) is 0 Å². The van der Waals surface area contributed by atoms with Crippen LogP contribution in [0.4, 0.5) is 0 Å². The van der Waals surface area contributed by atoms with Crippen LogP contribution in [0.15, 0.2) is 0 Å². The van der Waals surface area contributed by atoms with Gasteiger partial charge in [0.05, 0.1) is 6.61 Å². The second-order valence-corrected chi connectivity index (χ2v) is 4.40. The van der Waals surface area contributed by atoms with Crippen molar-refractivity contribution in [3.8, 4) is 0 Å². The van der Waals surface area contributed by atoms with Crippen LogP contribution >= 0.6 is 0 Å². The Morgan fingerprint density at radius 2 is 2.31 bits per heavy atom. The molecule has 2 fully saturated rings. The van der Waals surface area contributed by atoms with Crippen LogP contribution in [0.25, 0.3) is 0 Å². The first kappa shape index (κ1) is 9.44. The number of hydrogen-bond acceptors (Lipinski definition) is 3. The van der Waals surface area contributed by atoms with Crippen molar-refractivity contribution in [2.24, 2.45) is 5.92 Å². The largest absolute Gasteiger partial charge is 0.395 e. The highest BCUT2D eigenvalue weighted by atomic mass is 16.3. The molecule has 2 aliphatic rings. The minimum atomic E-state index is 0.331. The molecule has 13 heavy (non-hydrogen) atoms. The van der Waals surface area contributed by atoms with Crippen molar-refractivity contribution in [3.63, 3.8) is 0 Å². The molecule has 0 saturated carbocycles. The van der Waals surface area contributed by atoms with Gasteiger partial charge in [-0.2, -0.15) is 0 Å². The van der Waals surface area contributed by atoms with E-state index in [-0.39, 0.29) is 0 Å². The standard InChI is InChI=1S/C10H20N2O/c1-8-3-5-12(10(8)7-13)9-2-4-11-6-9/h8-11,13H,2-7H2,1H3. The lowest BCUT2D eigenvalue weighted by Gasteiger charge is -2.30. The Balaban J connectivity index is 1.97. The molecule has 2 N–H and O–H groups in total. The van der Waals surface area contributed by atoms with Gasteiger partial charge in [-0.3, -0.25) is 4.90 Å². The lowest BCUT2D eigenvalue weighted by atomic mass is 10.0. The van der Waals surface area contributed by atoms with Gasteiger partial charge in [-0.1, -0.05) is 6.92 Å². The summed E-state index contributed by atoms with van der Waals surface area (Å²) in [6.07, 6.45) is 2.50. The summed E-state index contributed by atoms with van der Waals surface area (Å²) >= 11 is 0. The monoisotopic (exact) mass is 184 g/mol. The molecule has 76 valence electrons. The van der Waals surface area contributed by atoms with Crippen LogP contribution in [0.2, 0.25) is 0 Å². The first-order valence-corrected chi connectivity index (χ1v) is 5.40. The zero-order valence-electron chi connectivity index (χ0n) is 8.37. The van der Waals surface area contributed by atoms with E-state index in [1.54, 1.807) is 0 Å². The maximum absolute atomic E-state index is 9.31. The van der Waals surface area contributed by atoms with Gasteiger partial charge in [0.1, 0.15) is 0 Å². The maximum Gasteiger partial charge on any atom is 0.0589 e. The van der Waals surface area contributed by atoms with Crippen molar-refractivity contribution >= 4 is 0 Å². The topological polar surface area (TPSA) is 35.5 Å². The second-order valence-electron chi connectivity index (χ2n) is 4.40. The van der Waals surface area contributed by atoms with Gasteiger partial charge in [0.2, 0.25) is 0 Å². The van der Waals surface area contributed by atoms with E-state index in [1.165, 1.54) is 19.4 Å². The third-order valence-corrected chi connectivity index (χ3v) is 3.62. The maximum atomic E-state index is 9.31. The van der Waals surface area contributed by atoms with Gasteiger partial charge in [-0.15, -0.1) is 0 Å². The Bertz CT molecular complexity index is 168. The molecule has 3 heteroatoms. The van der Waals surface area contributed by atoms with Crippen LogP contribution in [0.3, 0.4) is 0 Å². The minimum absolute atomic E-state index is 0.331. The average molecular weight is 184 g/mol. The Morgan fingerprint density at radius 3 is 2.92 bits per heavy atom. The summed E-state index contributed by atoms with van der Waals surface area (Å²) in [5, 5.41) is 12.7. The molecule has 0 aromatic rings. The van der Waals surface area contributed by atoms with Crippen molar-refractivity contribution < 1.29 is 5.11 Å². The summed E-state index contributed by atoms with van der Waals surface area (Å²) in [4.78, 5) is 2.50. The highest BCUT2D eigenvalue weighted by Gasteiger charge is 2.35. The smallest absolute Gasteiger partial charge is 0.0589 e. The molecular formula is C10H20N2O. The summed E-state index contributed by atoms with van der Waals surface area (Å²) < 4.78 is 0. The normalized spacial score (nSPS) is 41.5. The molecule has 3 nitrogen and oxygen atoms in total. The Kier molecular flexibility index (Phi) is 2.86. The van der Waals surface area contributed by atoms with Crippen molar-refractivity contribution in [1.82, 2.24) is 10.2 Å². The number of aliphatic hydroxyl groups is 1. The lowest BCUT2D eigenvalue weighted by molar-refractivity contribution is 0.109. The van der Waals surface area contributed by atoms with Gasteiger partial charge in [0, 0.05) is 18.6 Å².